The fourth-order valence-electron chi connectivity index (χ4n) is 5.66. The molecule has 1 saturated carbocycles. The van der Waals surface area contributed by atoms with E-state index >= 15 is 0 Å². The van der Waals surface area contributed by atoms with E-state index in [9.17, 15) is 9.59 Å². The quantitative estimate of drug-likeness (QED) is 0.388. The summed E-state index contributed by atoms with van der Waals surface area (Å²) in [6, 6.07) is 16.4. The molecule has 39 heavy (non-hydrogen) atoms. The number of anilines is 1. The van der Waals surface area contributed by atoms with Crippen LogP contribution in [0.3, 0.4) is 0 Å². The maximum absolute atomic E-state index is 13.0. The first-order chi connectivity index (χ1) is 18.9. The molecule has 4 aromatic rings. The van der Waals surface area contributed by atoms with Crippen molar-refractivity contribution in [1.29, 1.82) is 0 Å². The molecule has 2 aliphatic rings. The molecule has 1 N–H and O–H groups in total. The number of rotatable bonds is 7. The van der Waals surface area contributed by atoms with Gasteiger partial charge in [-0.15, -0.1) is 0 Å². The Morgan fingerprint density at radius 2 is 1.77 bits per heavy atom. The minimum atomic E-state index is -0.0419. The summed E-state index contributed by atoms with van der Waals surface area (Å²) in [6.45, 7) is 2.87. The van der Waals surface area contributed by atoms with Crippen LogP contribution in [0.5, 0.6) is 0 Å². The van der Waals surface area contributed by atoms with Gasteiger partial charge in [-0.05, 0) is 80.6 Å². The summed E-state index contributed by atoms with van der Waals surface area (Å²) in [5.74, 6) is 0.547. The molecule has 1 amide bonds. The van der Waals surface area contributed by atoms with Gasteiger partial charge in [0.05, 0.1) is 5.69 Å². The minimum absolute atomic E-state index is 0.0384. The Labute approximate surface area is 228 Å². The van der Waals surface area contributed by atoms with Crippen LogP contribution in [0.25, 0.3) is 16.7 Å². The first-order valence-electron chi connectivity index (χ1n) is 13.8. The molecule has 0 unspecified atom stereocenters. The van der Waals surface area contributed by atoms with Crippen LogP contribution in [0, 0.1) is 0 Å². The third-order valence-electron chi connectivity index (χ3n) is 8.14. The number of carbonyl (C=O) groups excluding carboxylic acids is 1. The minimum Gasteiger partial charge on any atom is -0.382 e. The molecule has 0 bridgehead atoms. The molecule has 0 radical (unpaired) electrons. The molecule has 1 aliphatic carbocycles. The lowest BCUT2D eigenvalue weighted by Crippen LogP contribution is -2.33. The summed E-state index contributed by atoms with van der Waals surface area (Å²) >= 11 is 0. The van der Waals surface area contributed by atoms with Crippen molar-refractivity contribution in [2.75, 3.05) is 32.5 Å². The number of hydrogen-bond donors (Lipinski definition) is 1. The molecule has 8 heteroatoms. The average Bonchev–Trinajstić information content (AvgIpc) is 3.71. The van der Waals surface area contributed by atoms with E-state index in [4.69, 9.17) is 0 Å². The molecule has 3 aromatic heterocycles. The summed E-state index contributed by atoms with van der Waals surface area (Å²) in [5.41, 5.74) is 5.83. The van der Waals surface area contributed by atoms with Crippen LogP contribution in [-0.4, -0.2) is 63.1 Å². The zero-order valence-electron chi connectivity index (χ0n) is 22.9. The van der Waals surface area contributed by atoms with Crippen molar-refractivity contribution >= 4 is 22.6 Å². The van der Waals surface area contributed by atoms with Crippen molar-refractivity contribution in [2.45, 2.75) is 44.2 Å². The molecule has 8 nitrogen and oxygen atoms in total. The fourth-order valence-corrected chi connectivity index (χ4v) is 5.66. The molecule has 1 aromatic carbocycles. The fraction of sp³-hybridized carbons (Fsp3) is 0.387. The van der Waals surface area contributed by atoms with E-state index in [1.165, 1.54) is 24.1 Å². The second-order valence-electron chi connectivity index (χ2n) is 11.2. The van der Waals surface area contributed by atoms with Gasteiger partial charge in [0.15, 0.2) is 0 Å². The maximum atomic E-state index is 13.0. The molecule has 4 heterocycles. The third-order valence-corrected chi connectivity index (χ3v) is 8.14. The second-order valence-corrected chi connectivity index (χ2v) is 11.2. The predicted octanol–water partition coefficient (Wildman–Crippen LogP) is 4.38. The highest BCUT2D eigenvalue weighted by Gasteiger charge is 2.23. The number of fused-ring (bicyclic) bond motifs is 1. The number of likely N-dealkylation sites (tertiary alicyclic amines) is 1. The van der Waals surface area contributed by atoms with Crippen molar-refractivity contribution in [3.05, 3.63) is 88.1 Å². The van der Waals surface area contributed by atoms with Gasteiger partial charge in [0.1, 0.15) is 5.65 Å². The van der Waals surface area contributed by atoms with Crippen LogP contribution >= 0.6 is 0 Å². The summed E-state index contributed by atoms with van der Waals surface area (Å²) < 4.78 is 3.87. The van der Waals surface area contributed by atoms with E-state index in [0.29, 0.717) is 12.0 Å². The van der Waals surface area contributed by atoms with Crippen LogP contribution in [-0.2, 0) is 13.6 Å². The highest BCUT2D eigenvalue weighted by Crippen LogP contribution is 2.30. The van der Waals surface area contributed by atoms with E-state index in [-0.39, 0.29) is 11.5 Å². The molecule has 0 spiro atoms. The number of aryl methyl sites for hydroxylation is 1. The molecule has 0 atom stereocenters. The average molecular weight is 525 g/mol. The number of nitrogens with zero attached hydrogens (tertiary/aromatic N) is 5. The van der Waals surface area contributed by atoms with Gasteiger partial charge < -0.3 is 14.8 Å². The number of aromatic nitrogens is 3. The molecular formula is C31H36N6O2. The smallest absolute Gasteiger partial charge is 0.257 e. The lowest BCUT2D eigenvalue weighted by molar-refractivity contribution is 0.0827. The van der Waals surface area contributed by atoms with Gasteiger partial charge in [-0.3, -0.25) is 19.1 Å². The topological polar surface area (TPSA) is 75.4 Å². The molecule has 2 fully saturated rings. The largest absolute Gasteiger partial charge is 0.382 e. The van der Waals surface area contributed by atoms with Crippen LogP contribution in [0.15, 0.2) is 65.7 Å². The van der Waals surface area contributed by atoms with Crippen LogP contribution < -0.4 is 10.9 Å². The summed E-state index contributed by atoms with van der Waals surface area (Å²) in [6.07, 6.45) is 8.17. The Balaban J connectivity index is 1.15. The van der Waals surface area contributed by atoms with Gasteiger partial charge in [-0.25, -0.2) is 4.98 Å². The predicted molar refractivity (Wildman–Crippen MR) is 155 cm³/mol. The summed E-state index contributed by atoms with van der Waals surface area (Å²) in [4.78, 5) is 34.0. The maximum Gasteiger partial charge on any atom is 0.257 e. The Kier molecular flexibility index (Phi) is 6.73. The molecular weight excluding hydrogens is 488 g/mol. The Hall–Kier alpha value is -3.91. The van der Waals surface area contributed by atoms with Crippen molar-refractivity contribution in [2.24, 2.45) is 7.05 Å². The molecule has 6 rings (SSSR count). The summed E-state index contributed by atoms with van der Waals surface area (Å²) in [5, 5.41) is 4.39. The number of piperidine rings is 1. The summed E-state index contributed by atoms with van der Waals surface area (Å²) in [7, 11) is 5.62. The van der Waals surface area contributed by atoms with E-state index in [1.54, 1.807) is 35.8 Å². The second kappa shape index (κ2) is 10.3. The van der Waals surface area contributed by atoms with Crippen LogP contribution in [0.2, 0.25) is 0 Å². The van der Waals surface area contributed by atoms with Crippen LogP contribution in [0.1, 0.15) is 53.2 Å². The molecule has 1 aliphatic heterocycles. The van der Waals surface area contributed by atoms with E-state index in [0.717, 1.165) is 60.4 Å². The van der Waals surface area contributed by atoms with E-state index < -0.39 is 0 Å². The number of hydrogen-bond acceptors (Lipinski definition) is 5. The van der Waals surface area contributed by atoms with Gasteiger partial charge in [-0.1, -0.05) is 12.1 Å². The zero-order valence-corrected chi connectivity index (χ0v) is 22.9. The molecule has 1 saturated heterocycles. The van der Waals surface area contributed by atoms with Crippen molar-refractivity contribution in [3.8, 4) is 5.69 Å². The molecule has 202 valence electrons. The van der Waals surface area contributed by atoms with Gasteiger partial charge in [0.25, 0.3) is 11.5 Å². The monoisotopic (exact) mass is 524 g/mol. The Bertz CT molecular complexity index is 1560. The van der Waals surface area contributed by atoms with Gasteiger partial charge in [0.2, 0.25) is 0 Å². The van der Waals surface area contributed by atoms with Crippen LogP contribution in [0.4, 0.5) is 5.69 Å². The third kappa shape index (κ3) is 5.21. The SMILES string of the molecule is CN(C)C(=O)c1ccc(C2CCN(Cc3cc4c(-n5ccc(NC6CC6)cc5=O)ccnc4n3C)CC2)cc1. The van der Waals surface area contributed by atoms with Crippen molar-refractivity contribution in [3.63, 3.8) is 0 Å². The number of carbonyl (C=O) groups is 1. The highest BCUT2D eigenvalue weighted by molar-refractivity contribution is 5.93. The van der Waals surface area contributed by atoms with E-state index in [1.807, 2.05) is 30.5 Å². The first kappa shape index (κ1) is 25.4. The lowest BCUT2D eigenvalue weighted by Gasteiger charge is -2.32. The van der Waals surface area contributed by atoms with Gasteiger partial charge >= 0.3 is 0 Å². The lowest BCUT2D eigenvalue weighted by atomic mass is 9.89. The van der Waals surface area contributed by atoms with Gasteiger partial charge in [0, 0.05) is 74.5 Å². The zero-order chi connectivity index (χ0) is 27.1. The highest BCUT2D eigenvalue weighted by atomic mass is 16.2. The first-order valence-corrected chi connectivity index (χ1v) is 13.8. The standard InChI is InChI=1S/C31H36N6O2/c1-34(2)31(39)23-6-4-21(5-7-23)22-11-15-36(16-12-22)20-26-19-27-28(10-14-32-30(27)35(26)3)37-17-13-25(18-29(37)38)33-24-8-9-24/h4-7,10,13-14,17-19,22,24,33H,8-9,11-12,15-16,20H2,1-3H3. The van der Waals surface area contributed by atoms with Crippen molar-refractivity contribution in [1.82, 2.24) is 23.9 Å². The number of benzene rings is 1. The van der Waals surface area contributed by atoms with Gasteiger partial charge in [-0.2, -0.15) is 0 Å². The number of pyridine rings is 2. The number of amides is 1. The normalized spacial score (nSPS) is 16.5. The Morgan fingerprint density at radius 3 is 2.44 bits per heavy atom. The van der Waals surface area contributed by atoms with E-state index in [2.05, 4.69) is 45.0 Å². The van der Waals surface area contributed by atoms with Crippen molar-refractivity contribution < 1.29 is 4.79 Å². The number of nitrogens with one attached hydrogen (secondary N) is 1. The Morgan fingerprint density at radius 1 is 1.03 bits per heavy atom.